The molecule has 152 valence electrons. The Morgan fingerprint density at radius 3 is 1.82 bits per heavy atom. The summed E-state index contributed by atoms with van der Waals surface area (Å²) in [6.45, 7) is 10.8. The van der Waals surface area contributed by atoms with E-state index >= 15 is 0 Å². The lowest BCUT2D eigenvalue weighted by molar-refractivity contribution is -0.322. The summed E-state index contributed by atoms with van der Waals surface area (Å²) in [6, 6.07) is 19.8. The number of benzene rings is 2. The maximum Gasteiger partial charge on any atom is 0.181 e. The molecule has 0 amide bonds. The highest BCUT2D eigenvalue weighted by Crippen LogP contribution is 2.42. The Kier molecular flexibility index (Phi) is 6.25. The first-order valence-electron chi connectivity index (χ1n) is 10.1. The lowest BCUT2D eigenvalue weighted by Gasteiger charge is -2.54. The lowest BCUT2D eigenvalue weighted by Crippen LogP contribution is -2.62. The Labute approximate surface area is 169 Å². The van der Waals surface area contributed by atoms with Crippen molar-refractivity contribution in [3.63, 3.8) is 0 Å². The molecule has 1 heterocycles. The molecule has 4 heteroatoms. The zero-order valence-electron chi connectivity index (χ0n) is 17.6. The number of aliphatic hydroxyl groups excluding tert-OH is 1. The summed E-state index contributed by atoms with van der Waals surface area (Å²) in [5, 5.41) is 12.6. The van der Waals surface area contributed by atoms with Crippen LogP contribution in [0.2, 0.25) is 0 Å². The minimum absolute atomic E-state index is 0.0351. The van der Waals surface area contributed by atoms with Crippen molar-refractivity contribution in [2.75, 3.05) is 0 Å². The molecule has 2 aromatic carbocycles. The monoisotopic (exact) mass is 383 g/mol. The van der Waals surface area contributed by atoms with Crippen LogP contribution in [0.4, 0.5) is 0 Å². The third-order valence-electron chi connectivity index (χ3n) is 5.49. The minimum atomic E-state index is -0.909. The van der Waals surface area contributed by atoms with Gasteiger partial charge in [-0.3, -0.25) is 4.84 Å². The molecule has 1 fully saturated rings. The zero-order chi connectivity index (χ0) is 20.4. The fourth-order valence-corrected chi connectivity index (χ4v) is 4.37. The normalized spacial score (nSPS) is 21.9. The van der Waals surface area contributed by atoms with E-state index in [0.717, 1.165) is 24.0 Å². The van der Waals surface area contributed by atoms with E-state index in [1.165, 1.54) is 0 Å². The highest BCUT2D eigenvalue weighted by Gasteiger charge is 2.48. The first-order valence-corrected chi connectivity index (χ1v) is 10.1. The van der Waals surface area contributed by atoms with Gasteiger partial charge in [-0.15, -0.1) is 0 Å². The summed E-state index contributed by atoms with van der Waals surface area (Å²) in [6.07, 6.45) is 0.566. The second-order valence-electron chi connectivity index (χ2n) is 9.01. The number of aliphatic hydroxyl groups is 1. The number of hydrogen-bond acceptors (Lipinski definition) is 4. The third-order valence-corrected chi connectivity index (χ3v) is 5.49. The highest BCUT2D eigenvalue weighted by atomic mass is 16.7. The van der Waals surface area contributed by atoms with Gasteiger partial charge in [0.15, 0.2) is 6.29 Å². The Hall–Kier alpha value is -1.72. The summed E-state index contributed by atoms with van der Waals surface area (Å²) < 4.78 is 6.06. The quantitative estimate of drug-likeness (QED) is 0.678. The van der Waals surface area contributed by atoms with Crippen molar-refractivity contribution in [3.05, 3.63) is 71.8 Å². The standard InChI is InChI=1S/C24H33NO3/c1-18(19-12-8-6-9-13-19)28-25-23(2,3)16-21(17-24(25,4)5)27-22(26)20-14-10-7-11-15-20/h6-15,18,21-22,26H,16-17H2,1-5H3. The van der Waals surface area contributed by atoms with Crippen LogP contribution in [0.15, 0.2) is 60.7 Å². The second-order valence-corrected chi connectivity index (χ2v) is 9.01. The van der Waals surface area contributed by atoms with Crippen LogP contribution in [-0.2, 0) is 9.57 Å². The molecule has 1 aliphatic heterocycles. The van der Waals surface area contributed by atoms with Gasteiger partial charge in [-0.2, -0.15) is 5.06 Å². The molecule has 0 bridgehead atoms. The summed E-state index contributed by atoms with van der Waals surface area (Å²) in [7, 11) is 0. The molecule has 28 heavy (non-hydrogen) atoms. The zero-order valence-corrected chi connectivity index (χ0v) is 17.6. The van der Waals surface area contributed by atoms with E-state index < -0.39 is 6.29 Å². The number of rotatable bonds is 6. The van der Waals surface area contributed by atoms with Crippen molar-refractivity contribution >= 4 is 0 Å². The number of hydroxylamine groups is 2. The molecular weight excluding hydrogens is 350 g/mol. The van der Waals surface area contributed by atoms with Crippen LogP contribution in [0, 0.1) is 0 Å². The fraction of sp³-hybridized carbons (Fsp3) is 0.500. The Balaban J connectivity index is 1.70. The molecule has 0 radical (unpaired) electrons. The molecule has 4 nitrogen and oxygen atoms in total. The van der Waals surface area contributed by atoms with Gasteiger partial charge in [0.05, 0.1) is 6.10 Å². The van der Waals surface area contributed by atoms with E-state index in [0.29, 0.717) is 0 Å². The van der Waals surface area contributed by atoms with Crippen LogP contribution in [0.25, 0.3) is 0 Å². The van der Waals surface area contributed by atoms with Crippen molar-refractivity contribution < 1.29 is 14.7 Å². The van der Waals surface area contributed by atoms with E-state index in [2.05, 4.69) is 51.8 Å². The van der Waals surface area contributed by atoms with E-state index in [9.17, 15) is 5.11 Å². The van der Waals surface area contributed by atoms with E-state index in [-0.39, 0.29) is 23.3 Å². The topological polar surface area (TPSA) is 41.9 Å². The first-order chi connectivity index (χ1) is 13.2. The van der Waals surface area contributed by atoms with Crippen molar-refractivity contribution in [2.45, 2.75) is 77.0 Å². The summed E-state index contributed by atoms with van der Waals surface area (Å²) >= 11 is 0. The van der Waals surface area contributed by atoms with Gasteiger partial charge in [0.1, 0.15) is 6.10 Å². The van der Waals surface area contributed by atoms with Gasteiger partial charge in [0, 0.05) is 16.6 Å². The summed E-state index contributed by atoms with van der Waals surface area (Å²) in [5.74, 6) is 0. The average Bonchev–Trinajstić information content (AvgIpc) is 2.65. The van der Waals surface area contributed by atoms with Gasteiger partial charge in [0.25, 0.3) is 0 Å². The molecule has 1 aliphatic rings. The van der Waals surface area contributed by atoms with Gasteiger partial charge in [-0.05, 0) is 53.0 Å². The number of ether oxygens (including phenoxy) is 1. The van der Waals surface area contributed by atoms with Crippen LogP contribution in [0.3, 0.4) is 0 Å². The Morgan fingerprint density at radius 1 is 0.857 bits per heavy atom. The molecule has 0 aromatic heterocycles. The Morgan fingerprint density at radius 2 is 1.32 bits per heavy atom. The predicted molar refractivity (Wildman–Crippen MR) is 111 cm³/mol. The molecule has 1 N–H and O–H groups in total. The summed E-state index contributed by atoms with van der Waals surface area (Å²) in [5.41, 5.74) is 1.49. The number of nitrogens with zero attached hydrogens (tertiary/aromatic N) is 1. The predicted octanol–water partition coefficient (Wildman–Crippen LogP) is 5.41. The van der Waals surface area contributed by atoms with Gasteiger partial charge < -0.3 is 9.84 Å². The maximum absolute atomic E-state index is 10.5. The van der Waals surface area contributed by atoms with Crippen molar-refractivity contribution in [3.8, 4) is 0 Å². The molecule has 2 unspecified atom stereocenters. The van der Waals surface area contributed by atoms with Crippen LogP contribution in [0.1, 0.15) is 71.0 Å². The van der Waals surface area contributed by atoms with Crippen LogP contribution in [0.5, 0.6) is 0 Å². The molecule has 0 aliphatic carbocycles. The van der Waals surface area contributed by atoms with Crippen molar-refractivity contribution in [1.82, 2.24) is 5.06 Å². The number of piperidine rings is 1. The average molecular weight is 384 g/mol. The molecule has 0 spiro atoms. The fourth-order valence-electron chi connectivity index (χ4n) is 4.37. The van der Waals surface area contributed by atoms with E-state index in [1.54, 1.807) is 0 Å². The lowest BCUT2D eigenvalue weighted by atomic mass is 9.80. The van der Waals surface area contributed by atoms with Crippen LogP contribution < -0.4 is 0 Å². The second kappa shape index (κ2) is 8.34. The minimum Gasteiger partial charge on any atom is -0.364 e. The van der Waals surface area contributed by atoms with Gasteiger partial charge in [-0.25, -0.2) is 0 Å². The molecule has 0 saturated carbocycles. The molecular formula is C24H33NO3. The van der Waals surface area contributed by atoms with Crippen LogP contribution >= 0.6 is 0 Å². The molecule has 1 saturated heterocycles. The van der Waals surface area contributed by atoms with Crippen molar-refractivity contribution in [2.24, 2.45) is 0 Å². The van der Waals surface area contributed by atoms with Gasteiger partial charge >= 0.3 is 0 Å². The highest BCUT2D eigenvalue weighted by molar-refractivity contribution is 5.17. The molecule has 2 atom stereocenters. The molecule has 3 rings (SSSR count). The first kappa shape index (κ1) is 21.0. The van der Waals surface area contributed by atoms with Crippen LogP contribution in [-0.4, -0.2) is 27.4 Å². The molecule has 2 aromatic rings. The largest absolute Gasteiger partial charge is 0.364 e. The smallest absolute Gasteiger partial charge is 0.181 e. The van der Waals surface area contributed by atoms with Gasteiger partial charge in [-0.1, -0.05) is 60.7 Å². The Bertz CT molecular complexity index is 727. The third kappa shape index (κ3) is 4.81. The maximum atomic E-state index is 10.5. The van der Waals surface area contributed by atoms with Gasteiger partial charge in [0.2, 0.25) is 0 Å². The SMILES string of the molecule is CC(ON1C(C)(C)CC(OC(O)c2ccccc2)CC1(C)C)c1ccccc1. The van der Waals surface area contributed by atoms with E-state index in [1.807, 2.05) is 48.5 Å². The van der Waals surface area contributed by atoms with Crippen molar-refractivity contribution in [1.29, 1.82) is 0 Å². The van der Waals surface area contributed by atoms with E-state index in [4.69, 9.17) is 9.57 Å². The number of hydrogen-bond donors (Lipinski definition) is 1. The summed E-state index contributed by atoms with van der Waals surface area (Å²) in [4.78, 5) is 6.46.